The van der Waals surface area contributed by atoms with E-state index in [1.165, 1.54) is 143 Å². The quantitative estimate of drug-likeness (QED) is 0.0471. The molecule has 8 fully saturated rings. The molecule has 606 valence electrons. The summed E-state index contributed by atoms with van der Waals surface area (Å²) in [4.78, 5) is 76.3. The molecule has 0 radical (unpaired) electrons. The molecule has 11 N–H and O–H groups in total. The Labute approximate surface area is 690 Å². The zero-order valence-corrected chi connectivity index (χ0v) is 71.4. The Morgan fingerprint density at radius 1 is 0.557 bits per heavy atom. The van der Waals surface area contributed by atoms with Crippen LogP contribution in [0.1, 0.15) is 262 Å². The van der Waals surface area contributed by atoms with Crippen molar-refractivity contribution in [3.05, 3.63) is 53.3 Å². The van der Waals surface area contributed by atoms with Crippen molar-refractivity contribution in [1.29, 1.82) is 0 Å². The summed E-state index contributed by atoms with van der Waals surface area (Å²) in [7, 11) is 3.64. The predicted molar refractivity (Wildman–Crippen MR) is 395 cm³/mol. The molecular weight excluding hydrogens is 1700 g/mol. The number of carbonyl (C=O) groups excluding carboxylic acids is 6. The number of allylic oxidation sites excluding steroid dienone is 2. The second-order valence-electron chi connectivity index (χ2n) is 34.5. The Morgan fingerprint density at radius 2 is 0.915 bits per heavy atom. The van der Waals surface area contributed by atoms with Gasteiger partial charge in [0.15, 0.2) is 0 Å². The van der Waals surface area contributed by atoms with Crippen molar-refractivity contribution in [2.24, 2.45) is 92.7 Å². The Balaban J connectivity index is 0.00000159. The largest absolute Gasteiger partial charge is 2.00 e. The second-order valence-corrected chi connectivity index (χ2v) is 34.5. The van der Waals surface area contributed by atoms with Crippen molar-refractivity contribution in [3.8, 4) is 0 Å². The van der Waals surface area contributed by atoms with Gasteiger partial charge in [0.05, 0.1) is 18.5 Å². The molecule has 0 aromatic rings. The van der Waals surface area contributed by atoms with Crippen molar-refractivity contribution in [1.82, 2.24) is 20.4 Å². The third kappa shape index (κ3) is 29.5. The van der Waals surface area contributed by atoms with Gasteiger partial charge in [-0.3, -0.25) is 16.7 Å². The smallest absolute Gasteiger partial charge is 0.676 e. The van der Waals surface area contributed by atoms with Crippen molar-refractivity contribution in [3.63, 3.8) is 0 Å². The molecule has 0 aromatic carbocycles. The van der Waals surface area contributed by atoms with Gasteiger partial charge in [-0.05, 0) is 189 Å². The van der Waals surface area contributed by atoms with Gasteiger partial charge in [0, 0.05) is 66.6 Å². The molecule has 10 aliphatic carbocycles. The molecule has 106 heavy (non-hydrogen) atoms. The first-order valence-corrected chi connectivity index (χ1v) is 39.3. The zero-order chi connectivity index (χ0) is 73.7. The molecule has 26 heteroatoms. The fraction of sp³-hybridized carbons (Fsp3) is 0.863. The first-order valence-electron chi connectivity index (χ1n) is 39.3. The van der Waals surface area contributed by atoms with Gasteiger partial charge < -0.3 is 83.8 Å². The van der Waals surface area contributed by atoms with E-state index in [0.29, 0.717) is 29.8 Å². The van der Waals surface area contributed by atoms with Gasteiger partial charge >= 0.3 is 83.1 Å². The summed E-state index contributed by atoms with van der Waals surface area (Å²) in [5.74, 6) is 6.05. The van der Waals surface area contributed by atoms with E-state index in [1.54, 1.807) is 0 Å². The van der Waals surface area contributed by atoms with Crippen LogP contribution in [0.5, 0.6) is 0 Å². The Morgan fingerprint density at radius 3 is 1.25 bits per heavy atom. The Bertz CT molecular complexity index is 2670. The number of nitrogens with zero attached hydrogens (tertiary/aromatic N) is 2. The molecule has 22 nitrogen and oxygen atoms in total. The number of rotatable bonds is 24. The molecule has 0 spiro atoms. The van der Waals surface area contributed by atoms with Crippen LogP contribution in [0.15, 0.2) is 23.3 Å². The summed E-state index contributed by atoms with van der Waals surface area (Å²) in [5, 5.41) is 35.9. The van der Waals surface area contributed by atoms with E-state index in [-0.39, 0.29) is 164 Å². The number of alkyl carbamates (subject to hydrolysis) is 2. The third-order valence-corrected chi connectivity index (χ3v) is 27.1. The molecule has 20 atom stereocenters. The first kappa shape index (κ1) is 104. The topological polar surface area (TPSA) is 393 Å². The van der Waals surface area contributed by atoms with Crippen LogP contribution in [0, 0.1) is 99.7 Å². The number of hydrogen-bond donors (Lipinski definition) is 3. The number of amides is 2. The van der Waals surface area contributed by atoms with Crippen molar-refractivity contribution in [2.45, 2.75) is 298 Å². The van der Waals surface area contributed by atoms with E-state index in [9.17, 15) is 34.2 Å². The van der Waals surface area contributed by atoms with Crippen molar-refractivity contribution >= 4 is 36.2 Å². The molecule has 8 saturated carbocycles. The number of carboxylic acid groups (broad SMARTS) is 3. The maximum atomic E-state index is 12.5. The van der Waals surface area contributed by atoms with Crippen LogP contribution < -0.4 is 58.6 Å². The number of hydrogen-bond acceptors (Lipinski definition) is 13. The first-order chi connectivity index (χ1) is 47.3. The van der Waals surface area contributed by atoms with Gasteiger partial charge in [-0.2, -0.15) is 33.8 Å². The molecular formula is C80H137Li2N8O14Pt2-3. The number of ether oxygens (including phenoxy) is 2. The predicted octanol–water partition coefficient (Wildman–Crippen LogP) is 7.80. The Hall–Kier alpha value is -1.94. The summed E-state index contributed by atoms with van der Waals surface area (Å²) in [6.45, 7) is 24.3. The van der Waals surface area contributed by atoms with Crippen LogP contribution in [-0.2, 0) is 75.6 Å². The van der Waals surface area contributed by atoms with Crippen LogP contribution in [0.3, 0.4) is 0 Å². The number of fused-ring (bicyclic) bond motifs is 10. The summed E-state index contributed by atoms with van der Waals surface area (Å²) in [6, 6.07) is -0.319. The second kappa shape index (κ2) is 49.6. The van der Waals surface area contributed by atoms with E-state index < -0.39 is 43.2 Å². The normalized spacial score (nSPS) is 33.2. The van der Waals surface area contributed by atoms with E-state index in [1.807, 2.05) is 0 Å². The van der Waals surface area contributed by atoms with Gasteiger partial charge in [-0.25, -0.2) is 9.59 Å². The standard InChI is InChI=1S/C34H56N2O6.C33H55N2O4.2C6H12N2.CO2.2Li.2H2O.2Pt/c1-22(2)7-6-8-23(3)27-11-12-28-26-10-9-24-19-25(13-15-33(24,4)29(26)14-16-34(27,28)5)42-32(41)35-17-18-36(20-30(37)38)21-31(39)40;1-22(2)8-7-9-23(3)27-12-13-28-26-11-10-24-20-25(39-31(38)34-18-19-35(6)21-30(36)37)14-16-32(24,4)29(26)15-17-33(27,28)5;2*7-5-3-1-2-4-6(5)8;2-1-3;;;;;;/h9,22-23,25-29H,6-8,10-21H2,1-5H3,(H,35,41)(H,37,38)(H,39,40);10,22-23,25-29H,6-9,11-21H2,1-5H3,(H,34,38)(H,36,37);2*5-8H,1-4H2;;;;2*1H2;;/q;-1;2*-2;;2*+1;;;;+2/p-2/t23-,25+,26+,27-,28+,29+,33+,34-;23-,25+,26+,27-,28+,29+,32+,33-;2*5-,6-;;;;;;;/m1111......./s1. The SMILES string of the molecule is CC(C)CCC[C@@H](C)[C@H]1CC[C@H]2[C@@H]3CC=C4C[C@@H](OC(=O)NCCN(CC(=O)[O-])CC(=O)O)CC[C@]4(C)[C@H]3CC[C@]12C.O.O.O=C=O.[CH2-]N(CCNC(=O)O[C@H]1CC[C@@]2(C)C(=CC[C@H]3[C@@H]4CC[C@H]([C@H](C)CCCC(C)C)[C@@]4(C)CC[C@@H]32)C1)CC(=O)[O-].[Li+].[Li+].[NH-][C@@H]1CCCC[C@H]1[NH-].[NH-][C@@H]1CCCC[C@H]1[NH-].[Pt+2].[Pt]. The molecule has 10 aliphatic rings. The van der Waals surface area contributed by atoms with Crippen LogP contribution in [0.25, 0.3) is 22.9 Å². The molecule has 0 aliphatic heterocycles. The number of carboxylic acids is 3. The van der Waals surface area contributed by atoms with Crippen molar-refractivity contribution < 1.29 is 149 Å². The van der Waals surface area contributed by atoms with Crippen LogP contribution in [0.4, 0.5) is 9.59 Å². The Kier molecular flexibility index (Phi) is 48.7. The summed E-state index contributed by atoms with van der Waals surface area (Å²) >= 11 is 0. The number of nitrogens with one attached hydrogen (secondary N) is 6. The minimum atomic E-state index is -1.35. The minimum Gasteiger partial charge on any atom is -0.676 e. The van der Waals surface area contributed by atoms with E-state index in [4.69, 9.17) is 47.1 Å². The molecule has 0 saturated heterocycles. The fourth-order valence-electron chi connectivity index (χ4n) is 21.6. The van der Waals surface area contributed by atoms with Crippen LogP contribution >= 0.6 is 0 Å². The van der Waals surface area contributed by atoms with Gasteiger partial charge in [-0.15, -0.1) is 0 Å². The summed E-state index contributed by atoms with van der Waals surface area (Å²) in [5.41, 5.74) is 33.5. The van der Waals surface area contributed by atoms with Gasteiger partial charge in [-0.1, -0.05) is 182 Å². The van der Waals surface area contributed by atoms with E-state index >= 15 is 0 Å². The van der Waals surface area contributed by atoms with Gasteiger partial charge in [0.1, 0.15) is 12.2 Å². The molecule has 0 bridgehead atoms. The molecule has 0 heterocycles. The van der Waals surface area contributed by atoms with E-state index in [0.717, 1.165) is 136 Å². The maximum absolute atomic E-state index is 12.5. The summed E-state index contributed by atoms with van der Waals surface area (Å²) < 4.78 is 11.6. The number of carbonyl (C=O) groups is 5. The minimum absolute atomic E-state index is 0. The van der Waals surface area contributed by atoms with Crippen LogP contribution in [-0.4, -0.2) is 144 Å². The average molecular weight is 1840 g/mol. The zero-order valence-electron chi connectivity index (χ0n) is 66.9. The van der Waals surface area contributed by atoms with Gasteiger partial charge in [0.2, 0.25) is 0 Å². The third-order valence-electron chi connectivity index (χ3n) is 27.1. The monoisotopic (exact) mass is 1840 g/mol. The molecule has 0 unspecified atom stereocenters. The molecule has 10 rings (SSSR count). The fourth-order valence-corrected chi connectivity index (χ4v) is 21.6. The average Bonchev–Trinajstić information content (AvgIpc) is 1.44. The van der Waals surface area contributed by atoms with E-state index in [2.05, 4.69) is 99.1 Å². The van der Waals surface area contributed by atoms with Gasteiger partial charge in [0.25, 0.3) is 0 Å². The molecule has 0 aromatic heterocycles. The van der Waals surface area contributed by atoms with Crippen molar-refractivity contribution in [2.75, 3.05) is 45.8 Å². The molecule has 2 amide bonds. The summed E-state index contributed by atoms with van der Waals surface area (Å²) in [6.07, 6.45) is 39.6. The maximum Gasteiger partial charge on any atom is 2.00 e. The van der Waals surface area contributed by atoms with Crippen LogP contribution in [0.2, 0.25) is 0 Å². The number of aliphatic carboxylic acids is 3.